The van der Waals surface area contributed by atoms with Crippen LogP contribution in [0.2, 0.25) is 0 Å². The second kappa shape index (κ2) is 12.1. The average Bonchev–Trinajstić information content (AvgIpc) is 2.87. The van der Waals surface area contributed by atoms with Crippen molar-refractivity contribution in [1.29, 1.82) is 5.41 Å². The number of hydrogen-bond donors (Lipinski definition) is 4. The topological polar surface area (TPSA) is 102 Å². The van der Waals surface area contributed by atoms with Crippen molar-refractivity contribution in [2.75, 3.05) is 17.7 Å². The minimum Gasteiger partial charge on any atom is -0.481 e. The lowest BCUT2D eigenvalue weighted by molar-refractivity contribution is -0.135. The van der Waals surface area contributed by atoms with Crippen LogP contribution in [0.1, 0.15) is 27.9 Å². The number of nitrogens with one attached hydrogen (secondary N) is 3. The number of rotatable bonds is 8. The highest BCUT2D eigenvalue weighted by Crippen LogP contribution is 2.19. The number of aliphatic carboxylic acids is 1. The first-order valence-electron chi connectivity index (χ1n) is 10.9. The Hall–Kier alpha value is -4.52. The van der Waals surface area contributed by atoms with E-state index in [1.54, 1.807) is 36.4 Å². The highest BCUT2D eigenvalue weighted by molar-refractivity contribution is 6.10. The summed E-state index contributed by atoms with van der Waals surface area (Å²) in [7, 11) is 1.87. The second-order valence-corrected chi connectivity index (χ2v) is 7.76. The zero-order chi connectivity index (χ0) is 25.2. The van der Waals surface area contributed by atoms with Crippen molar-refractivity contribution in [3.63, 3.8) is 0 Å². The SMILES string of the molecule is CNc1ccc(CNc2ccccc2C(=N)CC(=O)O)cc1.O=Cc1ccc2cc(F)ccc2c1. The first kappa shape index (κ1) is 25.1. The Bertz CT molecular complexity index is 1340. The molecule has 0 heterocycles. The minimum absolute atomic E-state index is 0.0983. The van der Waals surface area contributed by atoms with Crippen LogP contribution in [0, 0.1) is 11.2 Å². The third kappa shape index (κ3) is 7.23. The van der Waals surface area contributed by atoms with Crippen LogP contribution in [-0.4, -0.2) is 30.1 Å². The summed E-state index contributed by atoms with van der Waals surface area (Å²) >= 11 is 0. The fraction of sp³-hybridized carbons (Fsp3) is 0.107. The van der Waals surface area contributed by atoms with Gasteiger partial charge in [-0.2, -0.15) is 0 Å². The summed E-state index contributed by atoms with van der Waals surface area (Å²) in [6.45, 7) is 0.612. The van der Waals surface area contributed by atoms with Crippen LogP contribution in [-0.2, 0) is 11.3 Å². The molecular formula is C28H26FN3O3. The predicted octanol–water partition coefficient (Wildman–Crippen LogP) is 5.97. The van der Waals surface area contributed by atoms with Gasteiger partial charge in [-0.15, -0.1) is 0 Å². The molecule has 0 atom stereocenters. The molecule has 35 heavy (non-hydrogen) atoms. The van der Waals surface area contributed by atoms with E-state index in [-0.39, 0.29) is 17.9 Å². The molecule has 6 nitrogen and oxygen atoms in total. The summed E-state index contributed by atoms with van der Waals surface area (Å²) in [6, 6.07) is 25.0. The number of para-hydroxylation sites is 1. The van der Waals surface area contributed by atoms with E-state index in [0.29, 0.717) is 17.7 Å². The van der Waals surface area contributed by atoms with Crippen molar-refractivity contribution in [2.24, 2.45) is 0 Å². The zero-order valence-corrected chi connectivity index (χ0v) is 19.2. The summed E-state index contributed by atoms with van der Waals surface area (Å²) < 4.78 is 12.7. The molecule has 0 aliphatic carbocycles. The third-order valence-corrected chi connectivity index (χ3v) is 5.27. The summed E-state index contributed by atoms with van der Waals surface area (Å²) in [6.07, 6.45) is 0.498. The predicted molar refractivity (Wildman–Crippen MR) is 138 cm³/mol. The van der Waals surface area contributed by atoms with Crippen molar-refractivity contribution in [3.8, 4) is 0 Å². The molecule has 4 rings (SSSR count). The van der Waals surface area contributed by atoms with Gasteiger partial charge in [0.2, 0.25) is 0 Å². The van der Waals surface area contributed by atoms with E-state index in [0.717, 1.165) is 34.0 Å². The van der Waals surface area contributed by atoms with Crippen LogP contribution in [0.5, 0.6) is 0 Å². The Morgan fingerprint density at radius 3 is 2.34 bits per heavy atom. The fourth-order valence-electron chi connectivity index (χ4n) is 3.44. The van der Waals surface area contributed by atoms with Gasteiger partial charge in [0.15, 0.2) is 0 Å². The molecule has 0 aromatic heterocycles. The summed E-state index contributed by atoms with van der Waals surface area (Å²) in [4.78, 5) is 21.2. The number of hydrogen-bond acceptors (Lipinski definition) is 5. The van der Waals surface area contributed by atoms with E-state index in [4.69, 9.17) is 10.5 Å². The van der Waals surface area contributed by atoms with Crippen molar-refractivity contribution in [2.45, 2.75) is 13.0 Å². The molecule has 4 N–H and O–H groups in total. The fourth-order valence-corrected chi connectivity index (χ4v) is 3.44. The first-order chi connectivity index (χ1) is 16.9. The third-order valence-electron chi connectivity index (χ3n) is 5.27. The van der Waals surface area contributed by atoms with Gasteiger partial charge in [0.25, 0.3) is 0 Å². The van der Waals surface area contributed by atoms with E-state index >= 15 is 0 Å². The van der Waals surface area contributed by atoms with Gasteiger partial charge < -0.3 is 21.1 Å². The van der Waals surface area contributed by atoms with Crippen LogP contribution in [0.25, 0.3) is 10.8 Å². The molecule has 0 saturated carbocycles. The van der Waals surface area contributed by atoms with Crippen LogP contribution in [0.15, 0.2) is 84.9 Å². The van der Waals surface area contributed by atoms with Gasteiger partial charge in [-0.3, -0.25) is 9.59 Å². The Morgan fingerprint density at radius 2 is 1.66 bits per heavy atom. The quantitative estimate of drug-likeness (QED) is 0.187. The molecule has 0 radical (unpaired) electrons. The van der Waals surface area contributed by atoms with Crippen molar-refractivity contribution >= 4 is 40.1 Å². The molecule has 0 spiro atoms. The maximum absolute atomic E-state index is 12.7. The van der Waals surface area contributed by atoms with Gasteiger partial charge in [0.05, 0.1) is 12.1 Å². The van der Waals surface area contributed by atoms with Crippen molar-refractivity contribution in [3.05, 3.63) is 107 Å². The molecule has 0 aliphatic rings. The second-order valence-electron chi connectivity index (χ2n) is 7.76. The number of aldehydes is 1. The summed E-state index contributed by atoms with van der Waals surface area (Å²) in [5, 5.41) is 24.8. The van der Waals surface area contributed by atoms with Crippen LogP contribution >= 0.6 is 0 Å². The molecule has 0 fully saturated rings. The lowest BCUT2D eigenvalue weighted by Crippen LogP contribution is -2.10. The molecule has 0 amide bonds. The lowest BCUT2D eigenvalue weighted by atomic mass is 10.0. The molecule has 0 aliphatic heterocycles. The van der Waals surface area contributed by atoms with Gasteiger partial charge in [-0.25, -0.2) is 4.39 Å². The number of benzene rings is 4. The number of halogens is 1. The minimum atomic E-state index is -0.998. The van der Waals surface area contributed by atoms with E-state index in [9.17, 15) is 14.0 Å². The Balaban J connectivity index is 0.000000223. The molecule has 0 unspecified atom stereocenters. The van der Waals surface area contributed by atoms with Crippen LogP contribution < -0.4 is 10.6 Å². The number of fused-ring (bicyclic) bond motifs is 1. The van der Waals surface area contributed by atoms with Crippen LogP contribution in [0.4, 0.5) is 15.8 Å². The molecule has 0 saturated heterocycles. The van der Waals surface area contributed by atoms with E-state index in [1.807, 2.05) is 43.4 Å². The summed E-state index contributed by atoms with van der Waals surface area (Å²) in [5.74, 6) is -1.26. The average molecular weight is 472 g/mol. The maximum Gasteiger partial charge on any atom is 0.309 e. The van der Waals surface area contributed by atoms with Gasteiger partial charge in [-0.1, -0.05) is 48.5 Å². The number of carbonyl (C=O) groups excluding carboxylic acids is 1. The highest BCUT2D eigenvalue weighted by Gasteiger charge is 2.10. The number of carbonyl (C=O) groups is 2. The van der Waals surface area contributed by atoms with Gasteiger partial charge >= 0.3 is 5.97 Å². The lowest BCUT2D eigenvalue weighted by Gasteiger charge is -2.12. The molecule has 7 heteroatoms. The smallest absolute Gasteiger partial charge is 0.309 e. The number of carboxylic acid groups (broad SMARTS) is 1. The Morgan fingerprint density at radius 1 is 0.971 bits per heavy atom. The molecule has 178 valence electrons. The monoisotopic (exact) mass is 471 g/mol. The number of anilines is 2. The normalized spacial score (nSPS) is 10.1. The first-order valence-corrected chi connectivity index (χ1v) is 10.9. The highest BCUT2D eigenvalue weighted by atomic mass is 19.1. The molecule has 4 aromatic carbocycles. The van der Waals surface area contributed by atoms with Crippen LogP contribution in [0.3, 0.4) is 0 Å². The van der Waals surface area contributed by atoms with E-state index in [2.05, 4.69) is 10.6 Å². The molecular weight excluding hydrogens is 445 g/mol. The number of carboxylic acids is 1. The van der Waals surface area contributed by atoms with Crippen molar-refractivity contribution < 1.29 is 19.1 Å². The summed E-state index contributed by atoms with van der Waals surface area (Å²) in [5.41, 5.74) is 4.26. The van der Waals surface area contributed by atoms with Gasteiger partial charge in [0, 0.05) is 36.1 Å². The van der Waals surface area contributed by atoms with Crippen molar-refractivity contribution in [1.82, 2.24) is 0 Å². The maximum atomic E-state index is 12.7. The van der Waals surface area contributed by atoms with Gasteiger partial charge in [0.1, 0.15) is 12.1 Å². The largest absolute Gasteiger partial charge is 0.481 e. The van der Waals surface area contributed by atoms with E-state index < -0.39 is 5.97 Å². The molecule has 0 bridgehead atoms. The van der Waals surface area contributed by atoms with E-state index in [1.165, 1.54) is 12.1 Å². The molecule has 4 aromatic rings. The Labute approximate surface area is 202 Å². The zero-order valence-electron chi connectivity index (χ0n) is 19.2. The Kier molecular flexibility index (Phi) is 8.67. The standard InChI is InChI=1S/C17H19N3O2.C11H7FO/c1-19-13-8-6-12(7-9-13)11-20-16-5-3-2-4-14(16)15(18)10-17(21)22;12-11-4-3-9-5-8(7-13)1-2-10(9)6-11/h2-9,18-20H,10-11H2,1H3,(H,21,22);1-7H. The van der Waals surface area contributed by atoms with Gasteiger partial charge in [-0.05, 0) is 52.7 Å².